The summed E-state index contributed by atoms with van der Waals surface area (Å²) in [5, 5.41) is 8.07. The lowest BCUT2D eigenvalue weighted by Gasteiger charge is -2.23. The number of aryl methyl sites for hydroxylation is 1. The van der Waals surface area contributed by atoms with Gasteiger partial charge in [-0.1, -0.05) is 44.2 Å². The summed E-state index contributed by atoms with van der Waals surface area (Å²) in [6.45, 7) is 4.37. The minimum absolute atomic E-state index is 0.0634. The Bertz CT molecular complexity index is 1020. The zero-order valence-corrected chi connectivity index (χ0v) is 15.2. The molecule has 0 bridgehead atoms. The van der Waals surface area contributed by atoms with Gasteiger partial charge >= 0.3 is 0 Å². The lowest BCUT2D eigenvalue weighted by Crippen LogP contribution is -2.22. The Balaban J connectivity index is 1.80. The summed E-state index contributed by atoms with van der Waals surface area (Å²) in [6.07, 6.45) is 5.57. The van der Waals surface area contributed by atoms with Gasteiger partial charge in [0.1, 0.15) is 11.6 Å². The van der Waals surface area contributed by atoms with E-state index in [0.29, 0.717) is 5.92 Å². The molecule has 132 valence electrons. The van der Waals surface area contributed by atoms with Crippen molar-refractivity contribution in [2.75, 3.05) is 5.32 Å². The van der Waals surface area contributed by atoms with Crippen molar-refractivity contribution in [2.24, 2.45) is 13.0 Å². The summed E-state index contributed by atoms with van der Waals surface area (Å²) < 4.78 is 3.89. The van der Waals surface area contributed by atoms with Crippen LogP contribution in [0.2, 0.25) is 0 Å². The molecule has 0 aliphatic rings. The van der Waals surface area contributed by atoms with Crippen molar-refractivity contribution >= 4 is 11.5 Å². The van der Waals surface area contributed by atoms with Gasteiger partial charge in [0, 0.05) is 37.1 Å². The fourth-order valence-electron chi connectivity index (χ4n) is 3.14. The Labute approximate surface area is 152 Å². The van der Waals surface area contributed by atoms with Crippen LogP contribution in [-0.2, 0) is 7.05 Å². The number of hydrogen-bond acceptors (Lipinski definition) is 4. The number of benzene rings is 1. The first-order valence-corrected chi connectivity index (χ1v) is 8.77. The van der Waals surface area contributed by atoms with Crippen LogP contribution in [0.15, 0.2) is 61.1 Å². The van der Waals surface area contributed by atoms with Gasteiger partial charge in [0.15, 0.2) is 5.65 Å². The molecule has 0 saturated carbocycles. The molecular formula is C20H22N6. The molecule has 1 atom stereocenters. The highest BCUT2D eigenvalue weighted by Gasteiger charge is 2.21. The molecular weight excluding hydrogens is 324 g/mol. The van der Waals surface area contributed by atoms with Gasteiger partial charge < -0.3 is 9.88 Å². The van der Waals surface area contributed by atoms with E-state index in [1.165, 1.54) is 0 Å². The standard InChI is InChI=1S/C20H22N6/c1-14(2)19(20-21-11-12-25(20)3)24-18-13-16(15-7-5-4-6-8-15)23-17-9-10-22-26(17)18/h4-14,19,24H,1-3H3/t19-/m1/s1. The molecule has 6 nitrogen and oxygen atoms in total. The maximum absolute atomic E-state index is 4.74. The smallest absolute Gasteiger partial charge is 0.157 e. The second-order valence-corrected chi connectivity index (χ2v) is 6.76. The summed E-state index contributed by atoms with van der Waals surface area (Å²) in [6, 6.07) is 14.2. The lowest BCUT2D eigenvalue weighted by molar-refractivity contribution is 0.505. The molecule has 6 heteroatoms. The van der Waals surface area contributed by atoms with Gasteiger partial charge in [-0.05, 0) is 5.92 Å². The number of nitrogens with one attached hydrogen (secondary N) is 1. The predicted octanol–water partition coefficient (Wildman–Crippen LogP) is 3.94. The van der Waals surface area contributed by atoms with Crippen molar-refractivity contribution in [3.05, 3.63) is 66.9 Å². The first kappa shape index (κ1) is 16.3. The summed E-state index contributed by atoms with van der Waals surface area (Å²) >= 11 is 0. The van der Waals surface area contributed by atoms with E-state index in [1.54, 1.807) is 6.20 Å². The van der Waals surface area contributed by atoms with Gasteiger partial charge in [0.05, 0.1) is 17.9 Å². The number of fused-ring (bicyclic) bond motifs is 1. The van der Waals surface area contributed by atoms with E-state index in [9.17, 15) is 0 Å². The van der Waals surface area contributed by atoms with E-state index in [0.717, 1.165) is 28.5 Å². The fraction of sp³-hybridized carbons (Fsp3) is 0.250. The number of rotatable bonds is 5. The van der Waals surface area contributed by atoms with E-state index in [1.807, 2.05) is 54.3 Å². The third-order valence-electron chi connectivity index (χ3n) is 4.54. The molecule has 0 fully saturated rings. The Morgan fingerprint density at radius 1 is 1.04 bits per heavy atom. The monoisotopic (exact) mass is 346 g/mol. The minimum atomic E-state index is 0.0634. The van der Waals surface area contributed by atoms with Gasteiger partial charge in [0.25, 0.3) is 0 Å². The third-order valence-corrected chi connectivity index (χ3v) is 4.54. The Hall–Kier alpha value is -3.15. The average Bonchev–Trinajstić information content (AvgIpc) is 3.28. The second kappa shape index (κ2) is 6.63. The first-order valence-electron chi connectivity index (χ1n) is 8.77. The molecule has 0 aliphatic carbocycles. The summed E-state index contributed by atoms with van der Waals surface area (Å²) in [5.41, 5.74) is 2.82. The summed E-state index contributed by atoms with van der Waals surface area (Å²) in [5.74, 6) is 2.26. The molecule has 0 unspecified atom stereocenters. The van der Waals surface area contributed by atoms with Crippen molar-refractivity contribution in [3.63, 3.8) is 0 Å². The van der Waals surface area contributed by atoms with Crippen LogP contribution in [0.5, 0.6) is 0 Å². The number of imidazole rings is 1. The average molecular weight is 346 g/mol. The van der Waals surface area contributed by atoms with Crippen molar-refractivity contribution in [1.29, 1.82) is 0 Å². The van der Waals surface area contributed by atoms with Gasteiger partial charge in [-0.15, -0.1) is 0 Å². The maximum Gasteiger partial charge on any atom is 0.157 e. The molecule has 0 aliphatic heterocycles. The van der Waals surface area contributed by atoms with E-state index < -0.39 is 0 Å². The van der Waals surface area contributed by atoms with Gasteiger partial charge in [0.2, 0.25) is 0 Å². The largest absolute Gasteiger partial charge is 0.360 e. The maximum atomic E-state index is 4.74. The molecule has 3 heterocycles. The number of hydrogen-bond donors (Lipinski definition) is 1. The molecule has 26 heavy (non-hydrogen) atoms. The zero-order chi connectivity index (χ0) is 18.1. The summed E-state index contributed by atoms with van der Waals surface area (Å²) in [4.78, 5) is 9.28. The van der Waals surface area contributed by atoms with E-state index in [4.69, 9.17) is 4.98 Å². The zero-order valence-electron chi connectivity index (χ0n) is 15.2. The van der Waals surface area contributed by atoms with Crippen LogP contribution in [-0.4, -0.2) is 24.1 Å². The normalized spacial score (nSPS) is 12.6. The Morgan fingerprint density at radius 2 is 1.85 bits per heavy atom. The van der Waals surface area contributed by atoms with E-state index in [2.05, 4.69) is 45.9 Å². The van der Waals surface area contributed by atoms with Crippen LogP contribution >= 0.6 is 0 Å². The number of anilines is 1. The van der Waals surface area contributed by atoms with Crippen LogP contribution in [0, 0.1) is 5.92 Å². The quantitative estimate of drug-likeness (QED) is 0.595. The topological polar surface area (TPSA) is 60.0 Å². The van der Waals surface area contributed by atoms with Crippen LogP contribution < -0.4 is 5.32 Å². The summed E-state index contributed by atoms with van der Waals surface area (Å²) in [7, 11) is 2.02. The molecule has 1 N–H and O–H groups in total. The van der Waals surface area contributed by atoms with E-state index in [-0.39, 0.29) is 6.04 Å². The Kier molecular flexibility index (Phi) is 4.16. The fourth-order valence-corrected chi connectivity index (χ4v) is 3.14. The van der Waals surface area contributed by atoms with Crippen molar-refractivity contribution < 1.29 is 0 Å². The predicted molar refractivity (Wildman–Crippen MR) is 103 cm³/mol. The Morgan fingerprint density at radius 3 is 2.54 bits per heavy atom. The second-order valence-electron chi connectivity index (χ2n) is 6.76. The highest BCUT2D eigenvalue weighted by atomic mass is 15.3. The molecule has 3 aromatic heterocycles. The number of nitrogens with zero attached hydrogens (tertiary/aromatic N) is 5. The molecule has 4 aromatic rings. The lowest BCUT2D eigenvalue weighted by atomic mass is 10.0. The highest BCUT2D eigenvalue weighted by Crippen LogP contribution is 2.28. The third kappa shape index (κ3) is 2.94. The van der Waals surface area contributed by atoms with Crippen molar-refractivity contribution in [3.8, 4) is 11.3 Å². The molecule has 4 rings (SSSR count). The van der Waals surface area contributed by atoms with Crippen LogP contribution in [0.25, 0.3) is 16.9 Å². The van der Waals surface area contributed by atoms with Gasteiger partial charge in [-0.25, -0.2) is 9.97 Å². The minimum Gasteiger partial charge on any atom is -0.360 e. The van der Waals surface area contributed by atoms with Crippen molar-refractivity contribution in [1.82, 2.24) is 24.1 Å². The first-order chi connectivity index (χ1) is 12.6. The number of aromatic nitrogens is 5. The van der Waals surface area contributed by atoms with Gasteiger partial charge in [-0.3, -0.25) is 0 Å². The van der Waals surface area contributed by atoms with E-state index >= 15 is 0 Å². The van der Waals surface area contributed by atoms with Crippen molar-refractivity contribution in [2.45, 2.75) is 19.9 Å². The highest BCUT2D eigenvalue weighted by molar-refractivity contribution is 5.66. The van der Waals surface area contributed by atoms with Crippen LogP contribution in [0.1, 0.15) is 25.7 Å². The molecule has 0 saturated heterocycles. The molecule has 0 radical (unpaired) electrons. The van der Waals surface area contributed by atoms with Gasteiger partial charge in [-0.2, -0.15) is 9.61 Å². The molecule has 0 spiro atoms. The molecule has 1 aromatic carbocycles. The van der Waals surface area contributed by atoms with Crippen LogP contribution in [0.3, 0.4) is 0 Å². The molecule has 0 amide bonds. The van der Waals surface area contributed by atoms with Crippen LogP contribution in [0.4, 0.5) is 5.82 Å². The SMILES string of the molecule is CC(C)[C@@H](Nc1cc(-c2ccccc2)nc2ccnn12)c1nccn1C.